The summed E-state index contributed by atoms with van der Waals surface area (Å²) in [7, 11) is 0. The lowest BCUT2D eigenvalue weighted by Crippen LogP contribution is -2.48. The van der Waals surface area contributed by atoms with Crippen LogP contribution in [0.1, 0.15) is 10.4 Å². The second-order valence-electron chi connectivity index (χ2n) is 4.19. The molecule has 1 fully saturated rings. The van der Waals surface area contributed by atoms with Gasteiger partial charge in [0.1, 0.15) is 0 Å². The maximum atomic E-state index is 12.2. The van der Waals surface area contributed by atoms with Gasteiger partial charge in [-0.15, -0.1) is 0 Å². The second kappa shape index (κ2) is 5.46. The SMILES string of the molecule is Nc1ccc(C(=O)N2CCOC(C(=O)O)C2)cc1Cl. The van der Waals surface area contributed by atoms with E-state index in [4.69, 9.17) is 27.2 Å². The first-order valence-electron chi connectivity index (χ1n) is 5.67. The predicted molar refractivity (Wildman–Crippen MR) is 69.1 cm³/mol. The van der Waals surface area contributed by atoms with Crippen LogP contribution in [0.4, 0.5) is 5.69 Å². The van der Waals surface area contributed by atoms with E-state index in [9.17, 15) is 9.59 Å². The Balaban J connectivity index is 2.14. The zero-order chi connectivity index (χ0) is 14.0. The van der Waals surface area contributed by atoms with E-state index in [2.05, 4.69) is 0 Å². The lowest BCUT2D eigenvalue weighted by atomic mass is 10.1. The summed E-state index contributed by atoms with van der Waals surface area (Å²) in [5.41, 5.74) is 6.35. The van der Waals surface area contributed by atoms with E-state index < -0.39 is 12.1 Å². The third kappa shape index (κ3) is 2.97. The smallest absolute Gasteiger partial charge is 0.334 e. The van der Waals surface area contributed by atoms with Crippen LogP contribution >= 0.6 is 11.6 Å². The van der Waals surface area contributed by atoms with Crippen LogP contribution in [-0.4, -0.2) is 47.7 Å². The number of benzene rings is 1. The fourth-order valence-corrected chi connectivity index (χ4v) is 2.01. The number of nitrogens with zero attached hydrogens (tertiary/aromatic N) is 1. The standard InChI is InChI=1S/C12H13ClN2O4/c13-8-5-7(1-2-9(8)14)11(16)15-3-4-19-10(6-15)12(17)18/h1-2,5,10H,3-4,6,14H2,(H,17,18). The highest BCUT2D eigenvalue weighted by Crippen LogP contribution is 2.21. The molecule has 0 bridgehead atoms. The van der Waals surface area contributed by atoms with Crippen LogP contribution in [0.25, 0.3) is 0 Å². The highest BCUT2D eigenvalue weighted by Gasteiger charge is 2.29. The van der Waals surface area contributed by atoms with Gasteiger partial charge in [0.05, 0.1) is 23.9 Å². The van der Waals surface area contributed by atoms with Crippen LogP contribution in [0.15, 0.2) is 18.2 Å². The molecule has 1 aromatic rings. The van der Waals surface area contributed by atoms with Gasteiger partial charge in [0.2, 0.25) is 0 Å². The highest BCUT2D eigenvalue weighted by molar-refractivity contribution is 6.33. The first kappa shape index (κ1) is 13.6. The molecule has 1 saturated heterocycles. The summed E-state index contributed by atoms with van der Waals surface area (Å²) in [6.07, 6.45) is -0.984. The van der Waals surface area contributed by atoms with Gasteiger partial charge in [-0.05, 0) is 18.2 Å². The van der Waals surface area contributed by atoms with Gasteiger partial charge >= 0.3 is 5.97 Å². The molecule has 19 heavy (non-hydrogen) atoms. The molecule has 1 aliphatic heterocycles. The quantitative estimate of drug-likeness (QED) is 0.785. The number of amides is 1. The van der Waals surface area contributed by atoms with E-state index >= 15 is 0 Å². The number of anilines is 1. The van der Waals surface area contributed by atoms with E-state index in [-0.39, 0.29) is 19.1 Å². The maximum Gasteiger partial charge on any atom is 0.334 e. The molecule has 102 valence electrons. The number of carbonyl (C=O) groups is 2. The van der Waals surface area contributed by atoms with E-state index in [1.807, 2.05) is 0 Å². The van der Waals surface area contributed by atoms with Crippen molar-refractivity contribution in [3.05, 3.63) is 28.8 Å². The number of nitrogens with two attached hydrogens (primary N) is 1. The number of carboxylic acid groups (broad SMARTS) is 1. The molecule has 1 unspecified atom stereocenters. The molecular weight excluding hydrogens is 272 g/mol. The summed E-state index contributed by atoms with van der Waals surface area (Å²) >= 11 is 5.86. The van der Waals surface area contributed by atoms with Crippen molar-refractivity contribution in [1.29, 1.82) is 0 Å². The lowest BCUT2D eigenvalue weighted by molar-refractivity contribution is -0.154. The normalized spacial score (nSPS) is 19.2. The number of carboxylic acids is 1. The summed E-state index contributed by atoms with van der Waals surface area (Å²) in [4.78, 5) is 24.5. The molecule has 6 nitrogen and oxygen atoms in total. The summed E-state index contributed by atoms with van der Waals surface area (Å²) in [6.45, 7) is 0.576. The van der Waals surface area contributed by atoms with Crippen LogP contribution in [0.3, 0.4) is 0 Å². The minimum absolute atomic E-state index is 0.0240. The Bertz CT molecular complexity index is 520. The molecule has 0 radical (unpaired) electrons. The fourth-order valence-electron chi connectivity index (χ4n) is 1.83. The van der Waals surface area contributed by atoms with Crippen molar-refractivity contribution in [3.63, 3.8) is 0 Å². The Morgan fingerprint density at radius 1 is 1.47 bits per heavy atom. The number of nitrogen functional groups attached to an aromatic ring is 1. The van der Waals surface area contributed by atoms with Gasteiger partial charge in [-0.25, -0.2) is 4.79 Å². The van der Waals surface area contributed by atoms with Crippen LogP contribution in [0.5, 0.6) is 0 Å². The fraction of sp³-hybridized carbons (Fsp3) is 0.333. The van der Waals surface area contributed by atoms with Crippen molar-refractivity contribution in [2.75, 3.05) is 25.4 Å². The molecule has 0 aliphatic carbocycles. The molecule has 1 atom stereocenters. The third-order valence-electron chi connectivity index (χ3n) is 2.88. The van der Waals surface area contributed by atoms with Crippen molar-refractivity contribution in [2.45, 2.75) is 6.10 Å². The van der Waals surface area contributed by atoms with E-state index in [0.717, 1.165) is 0 Å². The van der Waals surface area contributed by atoms with Gasteiger partial charge in [-0.2, -0.15) is 0 Å². The average Bonchev–Trinajstić information content (AvgIpc) is 2.41. The van der Waals surface area contributed by atoms with Crippen molar-refractivity contribution < 1.29 is 19.4 Å². The van der Waals surface area contributed by atoms with Crippen LogP contribution in [-0.2, 0) is 9.53 Å². The zero-order valence-electron chi connectivity index (χ0n) is 10.0. The monoisotopic (exact) mass is 284 g/mol. The Morgan fingerprint density at radius 3 is 2.84 bits per heavy atom. The molecule has 2 rings (SSSR count). The zero-order valence-corrected chi connectivity index (χ0v) is 10.8. The summed E-state index contributed by atoms with van der Waals surface area (Å²) in [5, 5.41) is 9.19. The van der Waals surface area contributed by atoms with E-state index in [1.165, 1.54) is 11.0 Å². The number of ether oxygens (including phenoxy) is 1. The molecular formula is C12H13ClN2O4. The first-order chi connectivity index (χ1) is 8.99. The maximum absolute atomic E-state index is 12.2. The highest BCUT2D eigenvalue weighted by atomic mass is 35.5. The number of morpholine rings is 1. The Kier molecular flexibility index (Phi) is 3.92. The van der Waals surface area contributed by atoms with E-state index in [1.54, 1.807) is 12.1 Å². The van der Waals surface area contributed by atoms with E-state index in [0.29, 0.717) is 22.8 Å². The minimum Gasteiger partial charge on any atom is -0.479 e. The number of hydrogen-bond donors (Lipinski definition) is 2. The minimum atomic E-state index is -1.08. The molecule has 0 spiro atoms. The molecule has 3 N–H and O–H groups in total. The third-order valence-corrected chi connectivity index (χ3v) is 3.20. The molecule has 0 saturated carbocycles. The van der Waals surface area contributed by atoms with Gasteiger partial charge in [-0.3, -0.25) is 4.79 Å². The van der Waals surface area contributed by atoms with Gasteiger partial charge in [0.25, 0.3) is 5.91 Å². The molecule has 1 heterocycles. The largest absolute Gasteiger partial charge is 0.479 e. The average molecular weight is 285 g/mol. The van der Waals surface area contributed by atoms with Crippen molar-refractivity contribution in [2.24, 2.45) is 0 Å². The number of rotatable bonds is 2. The van der Waals surface area contributed by atoms with Gasteiger partial charge < -0.3 is 20.5 Å². The van der Waals surface area contributed by atoms with Crippen LogP contribution in [0.2, 0.25) is 5.02 Å². The van der Waals surface area contributed by atoms with Crippen molar-refractivity contribution in [1.82, 2.24) is 4.90 Å². The number of halogens is 1. The van der Waals surface area contributed by atoms with Gasteiger partial charge in [0.15, 0.2) is 6.10 Å². The molecule has 1 aromatic carbocycles. The first-order valence-corrected chi connectivity index (χ1v) is 6.05. The van der Waals surface area contributed by atoms with Gasteiger partial charge in [-0.1, -0.05) is 11.6 Å². The predicted octanol–water partition coefficient (Wildman–Crippen LogP) is 0.848. The molecule has 7 heteroatoms. The summed E-state index contributed by atoms with van der Waals surface area (Å²) in [6, 6.07) is 4.59. The van der Waals surface area contributed by atoms with Crippen molar-refractivity contribution >= 4 is 29.2 Å². The Morgan fingerprint density at radius 2 is 2.21 bits per heavy atom. The molecule has 0 aromatic heterocycles. The second-order valence-corrected chi connectivity index (χ2v) is 4.59. The molecule has 1 amide bonds. The topological polar surface area (TPSA) is 92.9 Å². The molecule has 1 aliphatic rings. The van der Waals surface area contributed by atoms with Crippen molar-refractivity contribution in [3.8, 4) is 0 Å². The lowest BCUT2D eigenvalue weighted by Gasteiger charge is -2.31. The van der Waals surface area contributed by atoms with Gasteiger partial charge in [0, 0.05) is 12.1 Å². The Hall–Kier alpha value is -1.79. The van der Waals surface area contributed by atoms with Crippen LogP contribution < -0.4 is 5.73 Å². The Labute approximate surface area is 114 Å². The number of aliphatic carboxylic acids is 1. The summed E-state index contributed by atoms with van der Waals surface area (Å²) in [5.74, 6) is -1.36. The number of carbonyl (C=O) groups excluding carboxylic acids is 1. The van der Waals surface area contributed by atoms with Crippen LogP contribution in [0, 0.1) is 0 Å². The summed E-state index contributed by atoms with van der Waals surface area (Å²) < 4.78 is 5.06. The number of hydrogen-bond acceptors (Lipinski definition) is 4.